The van der Waals surface area contributed by atoms with Crippen molar-refractivity contribution >= 4 is 17.7 Å². The molecule has 0 unspecified atom stereocenters. The summed E-state index contributed by atoms with van der Waals surface area (Å²) in [5.41, 5.74) is -0.670. The molecule has 7 heteroatoms. The van der Waals surface area contributed by atoms with Crippen molar-refractivity contribution in [3.8, 4) is 5.75 Å². The Labute approximate surface area is 159 Å². The first kappa shape index (κ1) is 22.6. The van der Waals surface area contributed by atoms with E-state index >= 15 is 0 Å². The van der Waals surface area contributed by atoms with Crippen LogP contribution in [0.5, 0.6) is 5.75 Å². The summed E-state index contributed by atoms with van der Waals surface area (Å²) >= 11 is 0. The molecule has 6 nitrogen and oxygen atoms in total. The second-order valence-corrected chi connectivity index (χ2v) is 8.21. The number of Topliss-reactive ketones (excluding diaryl/α,β-unsaturated/α-hetero) is 2. The van der Waals surface area contributed by atoms with Gasteiger partial charge in [-0.15, -0.1) is 0 Å². The van der Waals surface area contributed by atoms with Crippen molar-refractivity contribution in [3.05, 3.63) is 29.8 Å². The van der Waals surface area contributed by atoms with Crippen molar-refractivity contribution in [1.82, 2.24) is 5.32 Å². The first-order valence-electron chi connectivity index (χ1n) is 8.71. The van der Waals surface area contributed by atoms with Crippen molar-refractivity contribution in [2.75, 3.05) is 13.2 Å². The van der Waals surface area contributed by atoms with E-state index in [1.807, 2.05) is 20.8 Å². The number of alkyl carbamates (subject to hydrolysis) is 1. The van der Waals surface area contributed by atoms with Crippen LogP contribution in [-0.2, 0) is 9.53 Å². The van der Waals surface area contributed by atoms with Crippen LogP contribution in [0.15, 0.2) is 24.3 Å². The minimum atomic E-state index is -1.90. The van der Waals surface area contributed by atoms with Gasteiger partial charge in [0.1, 0.15) is 18.0 Å². The molecule has 1 atom stereocenters. The highest BCUT2D eigenvalue weighted by molar-refractivity contribution is 5.99. The fraction of sp³-hybridized carbons (Fsp3) is 0.550. The number of carbonyl (C=O) groups is 3. The van der Waals surface area contributed by atoms with Crippen molar-refractivity contribution in [2.24, 2.45) is 5.41 Å². The normalized spacial score (nSPS) is 12.9. The van der Waals surface area contributed by atoms with Gasteiger partial charge in [-0.2, -0.15) is 0 Å². The molecule has 0 aliphatic rings. The lowest BCUT2D eigenvalue weighted by molar-refractivity contribution is -0.125. The topological polar surface area (TPSA) is 81.7 Å². The molecular formula is C20H28FNO5. The molecule has 150 valence electrons. The summed E-state index contributed by atoms with van der Waals surface area (Å²) < 4.78 is 24.1. The summed E-state index contributed by atoms with van der Waals surface area (Å²) in [5.74, 6) is -0.468. The zero-order chi connectivity index (χ0) is 20.8. The predicted octanol–water partition coefficient (Wildman–Crippen LogP) is 3.73. The Hall–Kier alpha value is -2.44. The maximum absolute atomic E-state index is 13.8. The van der Waals surface area contributed by atoms with Crippen molar-refractivity contribution in [1.29, 1.82) is 0 Å². The van der Waals surface area contributed by atoms with E-state index in [0.717, 1.165) is 0 Å². The molecular weight excluding hydrogens is 353 g/mol. The molecule has 1 N–H and O–H groups in total. The van der Waals surface area contributed by atoms with E-state index in [0.29, 0.717) is 11.3 Å². The van der Waals surface area contributed by atoms with Gasteiger partial charge in [-0.25, -0.2) is 9.18 Å². The monoisotopic (exact) mass is 381 g/mol. The van der Waals surface area contributed by atoms with Gasteiger partial charge in [0.05, 0.1) is 6.54 Å². The lowest BCUT2D eigenvalue weighted by Gasteiger charge is -2.20. The van der Waals surface area contributed by atoms with Gasteiger partial charge in [0.15, 0.2) is 12.0 Å². The van der Waals surface area contributed by atoms with E-state index in [1.54, 1.807) is 45.0 Å². The Morgan fingerprint density at radius 2 is 1.59 bits per heavy atom. The number of carbonyl (C=O) groups excluding carboxylic acids is 3. The van der Waals surface area contributed by atoms with Crippen molar-refractivity contribution in [2.45, 2.75) is 53.3 Å². The third kappa shape index (κ3) is 8.19. The van der Waals surface area contributed by atoms with Crippen molar-refractivity contribution < 1.29 is 28.2 Å². The number of hydrogen-bond acceptors (Lipinski definition) is 5. The number of rotatable bonds is 7. The van der Waals surface area contributed by atoms with Crippen LogP contribution >= 0.6 is 0 Å². The van der Waals surface area contributed by atoms with E-state index in [1.165, 1.54) is 0 Å². The van der Waals surface area contributed by atoms with Crippen LogP contribution in [0.3, 0.4) is 0 Å². The van der Waals surface area contributed by atoms with Gasteiger partial charge in [0.25, 0.3) is 0 Å². The van der Waals surface area contributed by atoms with Crippen LogP contribution in [0.1, 0.15) is 51.9 Å². The van der Waals surface area contributed by atoms with Crippen LogP contribution in [0.4, 0.5) is 9.18 Å². The van der Waals surface area contributed by atoms with Crippen molar-refractivity contribution in [3.63, 3.8) is 0 Å². The third-order valence-corrected chi connectivity index (χ3v) is 3.35. The molecule has 0 bridgehead atoms. The highest BCUT2D eigenvalue weighted by atomic mass is 19.1. The van der Waals surface area contributed by atoms with Gasteiger partial charge >= 0.3 is 6.09 Å². The standard InChI is InChI=1S/C20H28FNO5/c1-19(2,3)17(24)13-7-9-14(10-8-13)26-12-16(23)15(21)11-22-18(25)27-20(4,5)6/h7-10,15H,11-12H2,1-6H3,(H,22,25)/t15-/m0/s1. The van der Waals surface area contributed by atoms with Crippen LogP contribution in [0.25, 0.3) is 0 Å². The van der Waals surface area contributed by atoms with Gasteiger partial charge in [-0.05, 0) is 45.0 Å². The van der Waals surface area contributed by atoms with Gasteiger partial charge in [0, 0.05) is 11.0 Å². The Morgan fingerprint density at radius 3 is 2.07 bits per heavy atom. The maximum atomic E-state index is 13.8. The van der Waals surface area contributed by atoms with Crippen LogP contribution in [0, 0.1) is 5.41 Å². The number of ether oxygens (including phenoxy) is 2. The molecule has 1 aromatic carbocycles. The number of amides is 1. The zero-order valence-electron chi connectivity index (χ0n) is 16.7. The summed E-state index contributed by atoms with van der Waals surface area (Å²) in [6.07, 6.45) is -2.70. The zero-order valence-corrected chi connectivity index (χ0v) is 16.7. The molecule has 27 heavy (non-hydrogen) atoms. The summed E-state index contributed by atoms with van der Waals surface area (Å²) in [6, 6.07) is 6.31. The number of alkyl halides is 1. The van der Waals surface area contributed by atoms with E-state index in [-0.39, 0.29) is 5.78 Å². The molecule has 0 saturated heterocycles. The lowest BCUT2D eigenvalue weighted by Crippen LogP contribution is -2.39. The summed E-state index contributed by atoms with van der Waals surface area (Å²) in [6.45, 7) is 9.54. The summed E-state index contributed by atoms with van der Waals surface area (Å²) in [7, 11) is 0. The fourth-order valence-electron chi connectivity index (χ4n) is 1.98. The molecule has 0 aliphatic carbocycles. The van der Waals surface area contributed by atoms with E-state index in [4.69, 9.17) is 9.47 Å². The van der Waals surface area contributed by atoms with Gasteiger partial charge in [-0.1, -0.05) is 20.8 Å². The molecule has 0 saturated carbocycles. The minimum absolute atomic E-state index is 0.0119. The smallest absolute Gasteiger partial charge is 0.407 e. The molecule has 0 aromatic heterocycles. The number of benzene rings is 1. The Morgan fingerprint density at radius 1 is 1.04 bits per heavy atom. The lowest BCUT2D eigenvalue weighted by atomic mass is 9.86. The van der Waals surface area contributed by atoms with Gasteiger partial charge in [0.2, 0.25) is 5.78 Å². The largest absolute Gasteiger partial charge is 0.486 e. The minimum Gasteiger partial charge on any atom is -0.486 e. The number of hydrogen-bond donors (Lipinski definition) is 1. The highest BCUT2D eigenvalue weighted by Crippen LogP contribution is 2.22. The van der Waals surface area contributed by atoms with Crippen LogP contribution < -0.4 is 10.1 Å². The third-order valence-electron chi connectivity index (χ3n) is 3.35. The Bertz CT molecular complexity index is 671. The van der Waals surface area contributed by atoms with Gasteiger partial charge < -0.3 is 14.8 Å². The Kier molecular flexibility index (Phi) is 7.51. The fourth-order valence-corrected chi connectivity index (χ4v) is 1.98. The quantitative estimate of drug-likeness (QED) is 0.728. The van der Waals surface area contributed by atoms with E-state index in [2.05, 4.69) is 5.32 Å². The first-order chi connectivity index (χ1) is 12.3. The molecule has 0 heterocycles. The second-order valence-electron chi connectivity index (χ2n) is 8.21. The number of halogens is 1. The highest BCUT2D eigenvalue weighted by Gasteiger charge is 2.23. The molecule has 0 fully saturated rings. The maximum Gasteiger partial charge on any atom is 0.407 e. The summed E-state index contributed by atoms with van der Waals surface area (Å²) in [5, 5.41) is 2.20. The number of nitrogens with one attached hydrogen (secondary N) is 1. The summed E-state index contributed by atoms with van der Waals surface area (Å²) in [4.78, 5) is 35.4. The first-order valence-corrected chi connectivity index (χ1v) is 8.71. The SMILES string of the molecule is CC(C)(C)OC(=O)NC[C@H](F)C(=O)COc1ccc(C(=O)C(C)(C)C)cc1. The Balaban J connectivity index is 2.47. The van der Waals surface area contributed by atoms with Crippen LogP contribution in [0.2, 0.25) is 0 Å². The van der Waals surface area contributed by atoms with E-state index in [9.17, 15) is 18.8 Å². The van der Waals surface area contributed by atoms with Crippen LogP contribution in [-0.4, -0.2) is 42.6 Å². The molecule has 1 amide bonds. The van der Waals surface area contributed by atoms with Gasteiger partial charge in [-0.3, -0.25) is 9.59 Å². The predicted molar refractivity (Wildman–Crippen MR) is 99.9 cm³/mol. The van der Waals surface area contributed by atoms with E-state index < -0.39 is 42.2 Å². The molecule has 0 spiro atoms. The molecule has 0 aliphatic heterocycles. The second kappa shape index (κ2) is 8.97. The number of ketones is 2. The molecule has 0 radical (unpaired) electrons. The molecule has 1 aromatic rings. The average Bonchev–Trinajstić information content (AvgIpc) is 2.55. The average molecular weight is 381 g/mol. The molecule has 1 rings (SSSR count).